The van der Waals surface area contributed by atoms with Gasteiger partial charge in [0.2, 0.25) is 7.94 Å². The average molecular weight is 315 g/mol. The fourth-order valence-electron chi connectivity index (χ4n) is 1.68. The molecule has 1 atom stereocenters. The molecule has 6 nitrogen and oxygen atoms in total. The molecule has 118 valence electrons. The van der Waals surface area contributed by atoms with E-state index < -0.39 is 19.6 Å². The Morgan fingerprint density at radius 1 is 1.19 bits per heavy atom. The van der Waals surface area contributed by atoms with Gasteiger partial charge in [-0.15, -0.1) is 0 Å². The van der Waals surface area contributed by atoms with Gasteiger partial charge in [0.15, 0.2) is 5.66 Å². The molecule has 1 unspecified atom stereocenters. The highest BCUT2D eigenvalue weighted by atomic mass is 31.2. The maximum Gasteiger partial charge on any atom is 0.249 e. The minimum atomic E-state index is -3.82. The summed E-state index contributed by atoms with van der Waals surface area (Å²) in [6.45, 7) is 4.95. The van der Waals surface area contributed by atoms with Crippen LogP contribution in [-0.4, -0.2) is 31.4 Å². The van der Waals surface area contributed by atoms with Crippen LogP contribution in [0.2, 0.25) is 0 Å². The van der Waals surface area contributed by atoms with E-state index in [4.69, 9.17) is 13.8 Å². The molecule has 7 heteroatoms. The Morgan fingerprint density at radius 2 is 1.71 bits per heavy atom. The fraction of sp³-hybridized carbons (Fsp3) is 0.500. The third-order valence-electron chi connectivity index (χ3n) is 2.70. The van der Waals surface area contributed by atoms with E-state index in [0.717, 1.165) is 5.56 Å². The number of ether oxygens (including phenoxy) is 1. The smallest absolute Gasteiger partial charge is 0.249 e. The molecule has 0 saturated heterocycles. The van der Waals surface area contributed by atoms with Gasteiger partial charge >= 0.3 is 0 Å². The van der Waals surface area contributed by atoms with E-state index in [1.807, 2.05) is 19.1 Å². The fourth-order valence-corrected chi connectivity index (χ4v) is 3.34. The van der Waals surface area contributed by atoms with Gasteiger partial charge in [0.1, 0.15) is 12.4 Å². The number of carbonyl (C=O) groups excluding carboxylic acids is 1. The summed E-state index contributed by atoms with van der Waals surface area (Å²) in [5.74, 6) is -1.04. The summed E-state index contributed by atoms with van der Waals surface area (Å²) in [7, 11) is -3.82. The summed E-state index contributed by atoms with van der Waals surface area (Å²) >= 11 is 0. The lowest BCUT2D eigenvalue weighted by molar-refractivity contribution is -0.308. The van der Waals surface area contributed by atoms with Gasteiger partial charge in [-0.05, 0) is 32.9 Å². The van der Waals surface area contributed by atoms with Gasteiger partial charge in [0.25, 0.3) is 0 Å². The van der Waals surface area contributed by atoms with Crippen molar-refractivity contribution in [3.8, 4) is 5.75 Å². The molecule has 0 radical (unpaired) electrons. The van der Waals surface area contributed by atoms with Crippen molar-refractivity contribution in [1.82, 2.24) is 0 Å². The van der Waals surface area contributed by atoms with Crippen LogP contribution < -0.4 is 14.7 Å². The zero-order chi connectivity index (χ0) is 15.9. The van der Waals surface area contributed by atoms with Gasteiger partial charge in [0.05, 0.1) is 19.2 Å². The molecule has 0 bridgehead atoms. The van der Waals surface area contributed by atoms with E-state index in [-0.39, 0.29) is 19.8 Å². The lowest BCUT2D eigenvalue weighted by Gasteiger charge is -2.33. The van der Waals surface area contributed by atoms with Gasteiger partial charge in [-0.3, -0.25) is 0 Å². The Hall–Kier alpha value is -1.20. The Morgan fingerprint density at radius 3 is 2.14 bits per heavy atom. The van der Waals surface area contributed by atoms with E-state index in [0.29, 0.717) is 5.75 Å². The molecule has 0 aromatic heterocycles. The Bertz CT molecular complexity index is 441. The molecule has 0 aliphatic heterocycles. The van der Waals surface area contributed by atoms with Crippen molar-refractivity contribution in [2.24, 2.45) is 0 Å². The number of carbonyl (C=O) groups is 1. The van der Waals surface area contributed by atoms with Crippen molar-refractivity contribution in [3.63, 3.8) is 0 Å². The van der Waals surface area contributed by atoms with E-state index in [1.54, 1.807) is 26.0 Å². The molecule has 0 heterocycles. The quantitative estimate of drug-likeness (QED) is 0.623. The minimum absolute atomic E-state index is 0.0750. The molecular weight excluding hydrogens is 295 g/mol. The summed E-state index contributed by atoms with van der Waals surface area (Å²) in [5.41, 5.74) is -0.424. The first-order valence-corrected chi connectivity index (χ1v) is 8.33. The normalized spacial score (nSPS) is 13.0. The van der Waals surface area contributed by atoms with Crippen molar-refractivity contribution in [2.75, 3.05) is 19.8 Å². The van der Waals surface area contributed by atoms with E-state index in [9.17, 15) is 14.8 Å². The van der Waals surface area contributed by atoms with E-state index >= 15 is 0 Å². The second kappa shape index (κ2) is 8.29. The lowest BCUT2D eigenvalue weighted by atomic mass is 10.2. The molecule has 0 aliphatic rings. The molecule has 0 N–H and O–H groups in total. The van der Waals surface area contributed by atoms with Crippen LogP contribution in [0, 0.1) is 6.92 Å². The molecule has 0 saturated carbocycles. The highest BCUT2D eigenvalue weighted by molar-refractivity contribution is 7.61. The zero-order valence-corrected chi connectivity index (χ0v) is 13.3. The molecule has 0 aliphatic carbocycles. The first kappa shape index (κ1) is 17.9. The van der Waals surface area contributed by atoms with Crippen molar-refractivity contribution >= 4 is 13.9 Å². The third-order valence-corrected chi connectivity index (χ3v) is 5.06. The molecular formula is C14H20O6P-. The van der Waals surface area contributed by atoms with Crippen LogP contribution in [0.25, 0.3) is 0 Å². The summed E-state index contributed by atoms with van der Waals surface area (Å²) < 4.78 is 15.4. The van der Waals surface area contributed by atoms with Crippen LogP contribution in [0.3, 0.4) is 0 Å². The number of carboxylic acid groups (broad SMARTS) is 1. The van der Waals surface area contributed by atoms with Crippen LogP contribution in [0.4, 0.5) is 0 Å². The lowest BCUT2D eigenvalue weighted by Crippen LogP contribution is -2.45. The van der Waals surface area contributed by atoms with Crippen LogP contribution in [0.1, 0.15) is 19.4 Å². The predicted octanol–water partition coefficient (Wildman–Crippen LogP) is 0.688. The highest BCUT2D eigenvalue weighted by Gasteiger charge is 2.42. The largest absolute Gasteiger partial charge is 0.631 e. The van der Waals surface area contributed by atoms with Crippen LogP contribution in [0.15, 0.2) is 24.3 Å². The topological polar surface area (TPSA) is 90.9 Å². The van der Waals surface area contributed by atoms with Crippen LogP contribution >= 0.6 is 7.94 Å². The van der Waals surface area contributed by atoms with Crippen LogP contribution in [-0.2, 0) is 13.8 Å². The molecule has 0 fully saturated rings. The van der Waals surface area contributed by atoms with Crippen molar-refractivity contribution in [2.45, 2.75) is 26.4 Å². The maximum absolute atomic E-state index is 12.5. The Balaban J connectivity index is 2.80. The first-order valence-electron chi connectivity index (χ1n) is 6.72. The van der Waals surface area contributed by atoms with Crippen molar-refractivity contribution in [3.05, 3.63) is 29.8 Å². The van der Waals surface area contributed by atoms with Gasteiger partial charge in [-0.25, -0.2) is 9.05 Å². The van der Waals surface area contributed by atoms with Crippen molar-refractivity contribution in [1.29, 1.82) is 0 Å². The first-order chi connectivity index (χ1) is 9.92. The Kier molecular flexibility index (Phi) is 7.05. The number of hydrogen-bond acceptors (Lipinski definition) is 6. The summed E-state index contributed by atoms with van der Waals surface area (Å²) in [5, 5.41) is 11.2. The molecule has 1 aromatic rings. The maximum atomic E-state index is 12.5. The van der Waals surface area contributed by atoms with E-state index in [1.165, 1.54) is 0 Å². The predicted molar refractivity (Wildman–Crippen MR) is 75.6 cm³/mol. The van der Waals surface area contributed by atoms with Gasteiger partial charge in [-0.1, -0.05) is 17.7 Å². The second-order valence-corrected chi connectivity index (χ2v) is 6.55. The van der Waals surface area contributed by atoms with Crippen LogP contribution in [0.5, 0.6) is 5.75 Å². The Labute approximate surface area is 125 Å². The number of benzene rings is 1. The minimum Gasteiger partial charge on any atom is -0.631 e. The highest BCUT2D eigenvalue weighted by Crippen LogP contribution is 2.56. The summed E-state index contributed by atoms with van der Waals surface area (Å²) in [6.07, 6.45) is 0. The summed E-state index contributed by atoms with van der Waals surface area (Å²) in [6, 6.07) is 7.06. The van der Waals surface area contributed by atoms with Gasteiger partial charge in [0, 0.05) is 0 Å². The van der Waals surface area contributed by atoms with Crippen molar-refractivity contribution < 1.29 is 28.6 Å². The number of rotatable bonds is 9. The molecule has 1 aromatic carbocycles. The second-order valence-electron chi connectivity index (χ2n) is 4.33. The monoisotopic (exact) mass is 315 g/mol. The standard InChI is InChI=1S/C14H21O6P/c1-4-19-21(17,20-5-2)13(14(15)16)10-18-12-8-6-11(3)7-9-12/h6-9,13H,4-5,10H2,1-3H3,(H,15,16)/p-1. The van der Waals surface area contributed by atoms with Gasteiger partial charge < -0.3 is 19.5 Å². The number of aryl methyl sites for hydroxylation is 1. The molecule has 0 spiro atoms. The van der Waals surface area contributed by atoms with E-state index in [2.05, 4.69) is 0 Å². The molecule has 0 amide bonds. The number of carboxylic acids is 1. The van der Waals surface area contributed by atoms with Gasteiger partial charge in [-0.2, -0.15) is 0 Å². The SMILES string of the molecule is CCO[P+]([O-])(OCC)C(COc1ccc(C)cc1)C(=O)[O-]. The third kappa shape index (κ3) is 5.25. The number of hydrogen-bond donors (Lipinski definition) is 0. The number of aliphatic carboxylic acids is 1. The average Bonchev–Trinajstić information content (AvgIpc) is 2.41. The molecule has 1 rings (SSSR count). The zero-order valence-electron chi connectivity index (χ0n) is 12.4. The summed E-state index contributed by atoms with van der Waals surface area (Å²) in [4.78, 5) is 23.7. The molecule has 21 heavy (non-hydrogen) atoms.